The fourth-order valence-electron chi connectivity index (χ4n) is 7.26. The van der Waals surface area contributed by atoms with Crippen LogP contribution in [0.1, 0.15) is 69.5 Å². The zero-order chi connectivity index (χ0) is 51.3. The second kappa shape index (κ2) is 24.1. The molecule has 6 aromatic rings. The number of hydrogen-bond donors (Lipinski definition) is 6. The predicted molar refractivity (Wildman–Crippen MR) is 268 cm³/mol. The van der Waals surface area contributed by atoms with Crippen molar-refractivity contribution in [3.8, 4) is 40.2 Å². The molecule has 0 spiro atoms. The molecule has 0 saturated heterocycles. The van der Waals surface area contributed by atoms with Gasteiger partial charge >= 0.3 is 11.9 Å². The van der Waals surface area contributed by atoms with Gasteiger partial charge in [0.05, 0.1) is 35.4 Å². The van der Waals surface area contributed by atoms with Gasteiger partial charge in [-0.05, 0) is 97.6 Å². The summed E-state index contributed by atoms with van der Waals surface area (Å²) >= 11 is 13.6. The molecular formula is C53H54Cl2N6O10. The van der Waals surface area contributed by atoms with E-state index >= 15 is 0 Å². The van der Waals surface area contributed by atoms with Crippen LogP contribution in [-0.2, 0) is 55.7 Å². The number of halogens is 2. The van der Waals surface area contributed by atoms with Crippen molar-refractivity contribution in [1.82, 2.24) is 20.6 Å². The normalized spacial score (nSPS) is 12.8. The van der Waals surface area contributed by atoms with Crippen molar-refractivity contribution in [2.45, 2.75) is 84.8 Å². The van der Waals surface area contributed by atoms with Crippen LogP contribution < -0.4 is 29.6 Å². The molecular weight excluding hydrogens is 952 g/mol. The Bertz CT molecular complexity index is 2950. The van der Waals surface area contributed by atoms with Crippen molar-refractivity contribution in [3.05, 3.63) is 163 Å². The Morgan fingerprint density at radius 1 is 0.648 bits per heavy atom. The monoisotopic (exact) mass is 1000 g/mol. The summed E-state index contributed by atoms with van der Waals surface area (Å²) < 4.78 is 25.2. The first-order valence-corrected chi connectivity index (χ1v) is 23.0. The molecule has 4 aromatic carbocycles. The van der Waals surface area contributed by atoms with Crippen molar-refractivity contribution in [2.24, 2.45) is 4.99 Å². The Kier molecular flexibility index (Phi) is 18.1. The van der Waals surface area contributed by atoms with Gasteiger partial charge in [-0.3, -0.25) is 35.2 Å². The summed E-state index contributed by atoms with van der Waals surface area (Å²) in [7, 11) is 0. The van der Waals surface area contributed by atoms with Crippen LogP contribution in [-0.4, -0.2) is 73.3 Å². The van der Waals surface area contributed by atoms with E-state index in [1.165, 1.54) is 20.0 Å². The number of pyridine rings is 2. The van der Waals surface area contributed by atoms with Crippen LogP contribution in [0.5, 0.6) is 23.0 Å². The minimum Gasteiger partial charge on any atom is -0.488 e. The minimum atomic E-state index is -1.63. The highest BCUT2D eigenvalue weighted by molar-refractivity contribution is 6.32. The lowest BCUT2D eigenvalue weighted by Crippen LogP contribution is -2.52. The molecule has 2 atom stereocenters. The van der Waals surface area contributed by atoms with E-state index in [4.69, 9.17) is 42.1 Å². The van der Waals surface area contributed by atoms with Gasteiger partial charge in [-0.25, -0.2) is 0 Å². The average molecular weight is 1010 g/mol. The number of carboxylic acids is 2. The summed E-state index contributed by atoms with van der Waals surface area (Å²) in [5.41, 5.74) is 6.04. The molecule has 0 saturated carbocycles. The lowest BCUT2D eigenvalue weighted by molar-refractivity contribution is -0.146. The molecule has 0 fully saturated rings. The van der Waals surface area contributed by atoms with Crippen molar-refractivity contribution in [2.75, 3.05) is 13.2 Å². The maximum Gasteiger partial charge on any atom is 0.326 e. The highest BCUT2D eigenvalue weighted by Crippen LogP contribution is 2.38. The molecule has 2 aromatic heterocycles. The van der Waals surface area contributed by atoms with Gasteiger partial charge in [-0.15, -0.1) is 0 Å². The number of aliphatic imine (C=N–C) groups is 1. The Morgan fingerprint density at radius 3 is 1.52 bits per heavy atom. The molecule has 71 heavy (non-hydrogen) atoms. The number of aromatic nitrogens is 2. The lowest BCUT2D eigenvalue weighted by atomic mass is 9.92. The number of aliphatic carboxylic acids is 2. The standard InChI is InChI=1S/C53H54Cl2N6O10/c1-32-38(28-70-48-16-46(68-26-36-12-34(18-56)20-58-22-36)40(14-44(48)54)24-60-52(3,30-62)50(64)65)8-6-10-42(32)43-11-7-9-39(33(43)2)29-71-49-17-47(69-27-37-13-35(19-57-5)21-59-23-37)41(15-45(49)55)25-61-53(4,31-63)51(66)67/h6-17,20-23,60-63H,5,19,24-31H2,1-4H3,(H,64,65)(H,66,67). The molecule has 2 heterocycles. The van der Waals surface area contributed by atoms with Crippen molar-refractivity contribution >= 4 is 41.9 Å². The Morgan fingerprint density at radius 2 is 1.08 bits per heavy atom. The molecule has 0 radical (unpaired) electrons. The summed E-state index contributed by atoms with van der Waals surface area (Å²) in [5, 5.41) is 54.8. The predicted octanol–water partition coefficient (Wildman–Crippen LogP) is 8.31. The topological polar surface area (TPSA) is 238 Å². The summed E-state index contributed by atoms with van der Waals surface area (Å²) in [6.07, 6.45) is 6.39. The summed E-state index contributed by atoms with van der Waals surface area (Å²) in [6, 6.07) is 24.0. The van der Waals surface area contributed by atoms with Gasteiger partial charge in [0.2, 0.25) is 0 Å². The molecule has 18 heteroatoms. The van der Waals surface area contributed by atoms with Gasteiger partial charge in [0.25, 0.3) is 0 Å². The summed E-state index contributed by atoms with van der Waals surface area (Å²) in [6.45, 7) is 9.83. The van der Waals surface area contributed by atoms with E-state index in [9.17, 15) is 35.3 Å². The lowest BCUT2D eigenvalue weighted by Gasteiger charge is -2.25. The molecule has 0 amide bonds. The number of hydrogen-bond acceptors (Lipinski definition) is 14. The molecule has 0 aliphatic heterocycles. The van der Waals surface area contributed by atoms with Gasteiger partial charge in [-0.2, -0.15) is 5.26 Å². The molecule has 0 aliphatic carbocycles. The van der Waals surface area contributed by atoms with E-state index in [-0.39, 0.29) is 49.6 Å². The third-order valence-electron chi connectivity index (χ3n) is 12.0. The van der Waals surface area contributed by atoms with Crippen molar-refractivity contribution in [3.63, 3.8) is 0 Å². The fourth-order valence-corrected chi connectivity index (χ4v) is 7.74. The van der Waals surface area contributed by atoms with Gasteiger partial charge < -0.3 is 39.4 Å². The second-order valence-electron chi connectivity index (χ2n) is 17.2. The summed E-state index contributed by atoms with van der Waals surface area (Å²) in [4.78, 5) is 36.2. The fraction of sp³-hybridized carbons (Fsp3) is 0.283. The zero-order valence-corrected chi connectivity index (χ0v) is 41.1. The van der Waals surface area contributed by atoms with E-state index in [2.05, 4.69) is 38.4 Å². The number of carboxylic acid groups (broad SMARTS) is 2. The molecule has 370 valence electrons. The zero-order valence-electron chi connectivity index (χ0n) is 39.6. The van der Waals surface area contributed by atoms with Crippen LogP contribution in [0.4, 0.5) is 0 Å². The van der Waals surface area contributed by atoms with E-state index in [0.717, 1.165) is 44.5 Å². The third kappa shape index (κ3) is 13.4. The number of nitrogens with zero attached hydrogens (tertiary/aromatic N) is 4. The smallest absolute Gasteiger partial charge is 0.326 e. The highest BCUT2D eigenvalue weighted by Gasteiger charge is 2.33. The van der Waals surface area contributed by atoms with E-state index in [1.54, 1.807) is 48.9 Å². The SMILES string of the molecule is C=NCc1cncc(COc2cc(OCc3cccc(-c4cccc(COc5cc(OCc6cncc(C#N)c6)c(CNC(C)(CO)C(=O)O)cc5Cl)c4C)c3C)c(Cl)cc2CNC(C)(CO)C(=O)O)c1. The van der Waals surface area contributed by atoms with E-state index in [0.29, 0.717) is 51.8 Å². The van der Waals surface area contributed by atoms with E-state index < -0.39 is 36.2 Å². The molecule has 0 bridgehead atoms. The minimum absolute atomic E-state index is 0.00874. The van der Waals surface area contributed by atoms with Gasteiger partial charge in [0.1, 0.15) is 66.6 Å². The van der Waals surface area contributed by atoms with Crippen LogP contribution in [0, 0.1) is 25.2 Å². The Balaban J connectivity index is 1.22. The first kappa shape index (κ1) is 53.3. The van der Waals surface area contributed by atoms with Crippen molar-refractivity contribution < 1.29 is 49.0 Å². The number of aliphatic hydroxyl groups excluding tert-OH is 2. The molecule has 0 aliphatic rings. The van der Waals surface area contributed by atoms with Crippen molar-refractivity contribution in [1.29, 1.82) is 5.26 Å². The quantitative estimate of drug-likeness (QED) is 0.0296. The van der Waals surface area contributed by atoms with Gasteiger partial charge in [0, 0.05) is 72.3 Å². The number of aliphatic hydroxyl groups is 2. The maximum absolute atomic E-state index is 12.0. The summed E-state index contributed by atoms with van der Waals surface area (Å²) in [5.74, 6) is -1.09. The Hall–Kier alpha value is -7.10. The van der Waals surface area contributed by atoms with Crippen LogP contribution in [0.15, 0.2) is 103 Å². The van der Waals surface area contributed by atoms with Crippen LogP contribution >= 0.6 is 23.2 Å². The maximum atomic E-state index is 12.0. The second-order valence-corrected chi connectivity index (χ2v) is 18.0. The Labute approximate surface area is 421 Å². The molecule has 6 rings (SSSR count). The van der Waals surface area contributed by atoms with Crippen LogP contribution in [0.3, 0.4) is 0 Å². The molecule has 16 nitrogen and oxygen atoms in total. The highest BCUT2D eigenvalue weighted by atomic mass is 35.5. The molecule has 6 N–H and O–H groups in total. The number of ether oxygens (including phenoxy) is 4. The molecule has 2 unspecified atom stereocenters. The van der Waals surface area contributed by atoms with Crippen LogP contribution in [0.2, 0.25) is 10.0 Å². The van der Waals surface area contributed by atoms with Gasteiger partial charge in [-0.1, -0.05) is 59.6 Å². The first-order valence-electron chi connectivity index (χ1n) is 22.2. The van der Waals surface area contributed by atoms with Crippen LogP contribution in [0.25, 0.3) is 11.1 Å². The first-order chi connectivity index (χ1) is 34.0. The number of rotatable bonds is 25. The number of nitriles is 1. The van der Waals surface area contributed by atoms with Gasteiger partial charge in [0.15, 0.2) is 0 Å². The number of nitrogens with one attached hydrogen (secondary N) is 2. The largest absolute Gasteiger partial charge is 0.488 e. The number of benzene rings is 4. The van der Waals surface area contributed by atoms with E-state index in [1.807, 2.05) is 56.3 Å². The average Bonchev–Trinajstić information content (AvgIpc) is 3.36. The number of carbonyl (C=O) groups is 2. The third-order valence-corrected chi connectivity index (χ3v) is 12.5.